The van der Waals surface area contributed by atoms with Crippen molar-refractivity contribution < 1.29 is 0 Å². The average Bonchev–Trinajstić information content (AvgIpc) is 3.21. The molecule has 0 unspecified atom stereocenters. The Morgan fingerprint density at radius 1 is 1.12 bits per heavy atom. The molecule has 0 saturated carbocycles. The topological polar surface area (TPSA) is 68.0 Å². The Morgan fingerprint density at radius 3 is 2.81 bits per heavy atom. The SMILES string of the molecule is Cc1ccc2nc(CSc3n[nH]c(=O)n3CCc3ccccc3)cn2c1. The van der Waals surface area contributed by atoms with Crippen LogP contribution in [-0.4, -0.2) is 24.1 Å². The Labute approximate surface area is 154 Å². The van der Waals surface area contributed by atoms with Crippen LogP contribution in [0.15, 0.2) is 64.8 Å². The quantitative estimate of drug-likeness (QED) is 0.533. The molecule has 0 aliphatic heterocycles. The third kappa shape index (κ3) is 3.57. The number of nitrogens with one attached hydrogen (secondary N) is 1. The van der Waals surface area contributed by atoms with E-state index in [-0.39, 0.29) is 5.69 Å². The summed E-state index contributed by atoms with van der Waals surface area (Å²) in [6.07, 6.45) is 4.87. The number of benzene rings is 1. The van der Waals surface area contributed by atoms with Crippen molar-refractivity contribution in [2.24, 2.45) is 0 Å². The van der Waals surface area contributed by atoms with Crippen LogP contribution in [0.2, 0.25) is 0 Å². The van der Waals surface area contributed by atoms with Crippen molar-refractivity contribution in [3.8, 4) is 0 Å². The highest BCUT2D eigenvalue weighted by molar-refractivity contribution is 7.98. The highest BCUT2D eigenvalue weighted by Crippen LogP contribution is 2.20. The number of rotatable bonds is 6. The Bertz CT molecular complexity index is 1080. The van der Waals surface area contributed by atoms with Crippen molar-refractivity contribution >= 4 is 17.4 Å². The number of aryl methyl sites for hydroxylation is 2. The van der Waals surface area contributed by atoms with Gasteiger partial charge in [0.05, 0.1) is 5.69 Å². The molecule has 0 aliphatic rings. The molecule has 0 saturated heterocycles. The number of aromatic nitrogens is 5. The molecule has 26 heavy (non-hydrogen) atoms. The molecule has 6 nitrogen and oxygen atoms in total. The van der Waals surface area contributed by atoms with Crippen LogP contribution < -0.4 is 5.69 Å². The van der Waals surface area contributed by atoms with Gasteiger partial charge < -0.3 is 4.40 Å². The van der Waals surface area contributed by atoms with E-state index in [4.69, 9.17) is 0 Å². The number of hydrogen-bond acceptors (Lipinski definition) is 4. The third-order valence-corrected chi connectivity index (χ3v) is 5.20. The fourth-order valence-corrected chi connectivity index (χ4v) is 3.72. The van der Waals surface area contributed by atoms with Crippen molar-refractivity contribution in [1.82, 2.24) is 24.1 Å². The lowest BCUT2D eigenvalue weighted by Gasteiger charge is -2.05. The Balaban J connectivity index is 1.47. The summed E-state index contributed by atoms with van der Waals surface area (Å²) in [5.41, 5.74) is 4.11. The van der Waals surface area contributed by atoms with E-state index in [9.17, 15) is 4.79 Å². The van der Waals surface area contributed by atoms with E-state index < -0.39 is 0 Å². The minimum Gasteiger partial charge on any atom is -0.307 e. The second kappa shape index (κ2) is 7.21. The molecule has 4 rings (SSSR count). The van der Waals surface area contributed by atoms with Crippen molar-refractivity contribution in [2.75, 3.05) is 0 Å². The number of H-pyrrole nitrogens is 1. The maximum atomic E-state index is 12.1. The van der Waals surface area contributed by atoms with Crippen LogP contribution in [0, 0.1) is 6.92 Å². The van der Waals surface area contributed by atoms with Crippen LogP contribution in [0.4, 0.5) is 0 Å². The van der Waals surface area contributed by atoms with Gasteiger partial charge in [-0.2, -0.15) is 0 Å². The molecule has 4 aromatic rings. The van der Waals surface area contributed by atoms with E-state index in [1.54, 1.807) is 4.57 Å². The molecule has 132 valence electrons. The van der Waals surface area contributed by atoms with Gasteiger partial charge in [-0.15, -0.1) is 5.10 Å². The van der Waals surface area contributed by atoms with Gasteiger partial charge in [0.2, 0.25) is 0 Å². The van der Waals surface area contributed by atoms with E-state index in [0.29, 0.717) is 17.5 Å². The largest absolute Gasteiger partial charge is 0.343 e. The van der Waals surface area contributed by atoms with Crippen molar-refractivity contribution in [2.45, 2.75) is 30.8 Å². The van der Waals surface area contributed by atoms with Gasteiger partial charge in [-0.1, -0.05) is 48.2 Å². The second-order valence-electron chi connectivity index (χ2n) is 6.19. The molecular formula is C19H19N5OS. The summed E-state index contributed by atoms with van der Waals surface area (Å²) in [6.45, 7) is 2.66. The lowest BCUT2D eigenvalue weighted by molar-refractivity contribution is 0.616. The first-order chi connectivity index (χ1) is 12.7. The lowest BCUT2D eigenvalue weighted by atomic mass is 10.1. The van der Waals surface area contributed by atoms with Crippen molar-refractivity contribution in [1.29, 1.82) is 0 Å². The first kappa shape index (κ1) is 16.7. The number of pyridine rings is 1. The number of thioether (sulfide) groups is 1. The van der Waals surface area contributed by atoms with E-state index in [1.807, 2.05) is 40.9 Å². The van der Waals surface area contributed by atoms with Gasteiger partial charge in [-0.05, 0) is 30.5 Å². The summed E-state index contributed by atoms with van der Waals surface area (Å²) in [5, 5.41) is 7.41. The van der Waals surface area contributed by atoms with Crippen molar-refractivity contribution in [3.05, 3.63) is 82.2 Å². The third-order valence-electron chi connectivity index (χ3n) is 4.19. The van der Waals surface area contributed by atoms with Crippen LogP contribution in [0.3, 0.4) is 0 Å². The summed E-state index contributed by atoms with van der Waals surface area (Å²) in [5.74, 6) is 0.663. The van der Waals surface area contributed by atoms with E-state index in [1.165, 1.54) is 22.9 Å². The zero-order valence-electron chi connectivity index (χ0n) is 14.4. The van der Waals surface area contributed by atoms with Gasteiger partial charge in [0.1, 0.15) is 5.65 Å². The molecule has 0 bridgehead atoms. The minimum atomic E-state index is -0.172. The zero-order valence-corrected chi connectivity index (χ0v) is 15.2. The number of nitrogens with zero attached hydrogens (tertiary/aromatic N) is 4. The van der Waals surface area contributed by atoms with Crippen LogP contribution in [0.1, 0.15) is 16.8 Å². The molecule has 3 aromatic heterocycles. The van der Waals surface area contributed by atoms with Gasteiger partial charge in [-0.25, -0.2) is 14.9 Å². The zero-order chi connectivity index (χ0) is 17.9. The van der Waals surface area contributed by atoms with E-state index in [2.05, 4.69) is 40.4 Å². The highest BCUT2D eigenvalue weighted by Gasteiger charge is 2.11. The first-order valence-corrected chi connectivity index (χ1v) is 9.44. The van der Waals surface area contributed by atoms with Gasteiger partial charge in [0.15, 0.2) is 5.16 Å². The van der Waals surface area contributed by atoms with Crippen LogP contribution >= 0.6 is 11.8 Å². The van der Waals surface area contributed by atoms with Crippen LogP contribution in [-0.2, 0) is 18.7 Å². The predicted octanol–water partition coefficient (Wildman–Crippen LogP) is 3.06. The van der Waals surface area contributed by atoms with Crippen molar-refractivity contribution in [3.63, 3.8) is 0 Å². The smallest absolute Gasteiger partial charge is 0.307 e. The molecule has 0 spiro atoms. The van der Waals surface area contributed by atoms with Gasteiger partial charge in [0, 0.05) is 24.7 Å². The number of hydrogen-bond donors (Lipinski definition) is 1. The molecule has 0 fully saturated rings. The monoisotopic (exact) mass is 365 g/mol. The summed E-state index contributed by atoms with van der Waals surface area (Å²) >= 11 is 1.52. The minimum absolute atomic E-state index is 0.172. The highest BCUT2D eigenvalue weighted by atomic mass is 32.2. The molecule has 3 heterocycles. The van der Waals surface area contributed by atoms with Gasteiger partial charge in [-0.3, -0.25) is 4.57 Å². The molecule has 0 atom stereocenters. The molecule has 1 N–H and O–H groups in total. The maximum Gasteiger partial charge on any atom is 0.343 e. The Kier molecular flexibility index (Phi) is 4.62. The van der Waals surface area contributed by atoms with Crippen LogP contribution in [0.25, 0.3) is 5.65 Å². The summed E-state index contributed by atoms with van der Waals surface area (Å²) in [7, 11) is 0. The number of aromatic amines is 1. The lowest BCUT2D eigenvalue weighted by Crippen LogP contribution is -2.18. The maximum absolute atomic E-state index is 12.1. The second-order valence-corrected chi connectivity index (χ2v) is 7.13. The fourth-order valence-electron chi connectivity index (χ4n) is 2.86. The fraction of sp³-hybridized carbons (Fsp3) is 0.211. The average molecular weight is 365 g/mol. The Hall–Kier alpha value is -2.80. The standard InChI is InChI=1S/C19H19N5OS/c1-14-7-8-17-20-16(12-23(17)11-14)13-26-19-22-21-18(25)24(19)10-9-15-5-3-2-4-6-15/h2-8,11-12H,9-10,13H2,1H3,(H,21,25). The predicted molar refractivity (Wildman–Crippen MR) is 102 cm³/mol. The first-order valence-electron chi connectivity index (χ1n) is 8.45. The van der Waals surface area contributed by atoms with E-state index >= 15 is 0 Å². The number of fused-ring (bicyclic) bond motifs is 1. The molecule has 1 aromatic carbocycles. The summed E-state index contributed by atoms with van der Waals surface area (Å²) < 4.78 is 3.72. The Morgan fingerprint density at radius 2 is 1.96 bits per heavy atom. The molecule has 7 heteroatoms. The van der Waals surface area contributed by atoms with Crippen LogP contribution in [0.5, 0.6) is 0 Å². The normalized spacial score (nSPS) is 11.3. The molecule has 0 amide bonds. The molecule has 0 radical (unpaired) electrons. The molecule has 0 aliphatic carbocycles. The molecular weight excluding hydrogens is 346 g/mol. The van der Waals surface area contributed by atoms with Gasteiger partial charge >= 0.3 is 5.69 Å². The summed E-state index contributed by atoms with van der Waals surface area (Å²) in [4.78, 5) is 16.7. The summed E-state index contributed by atoms with van der Waals surface area (Å²) in [6, 6.07) is 14.2. The number of imidazole rings is 1. The van der Waals surface area contributed by atoms with E-state index in [0.717, 1.165) is 17.8 Å². The van der Waals surface area contributed by atoms with Gasteiger partial charge in [0.25, 0.3) is 0 Å².